The number of alkyl halides is 3. The molecule has 6 nitrogen and oxygen atoms in total. The fraction of sp³-hybridized carbons (Fsp3) is 0.350. The van der Waals surface area contributed by atoms with Crippen LogP contribution < -0.4 is 11.1 Å². The van der Waals surface area contributed by atoms with Crippen molar-refractivity contribution in [1.29, 1.82) is 0 Å². The van der Waals surface area contributed by atoms with E-state index in [1.165, 1.54) is 18.2 Å². The number of aryl methyl sites for hydroxylation is 1. The van der Waals surface area contributed by atoms with Crippen molar-refractivity contribution >= 4 is 17.0 Å². The number of rotatable bonds is 6. The summed E-state index contributed by atoms with van der Waals surface area (Å²) in [6.07, 6.45) is -2.84. The predicted octanol–water partition coefficient (Wildman–Crippen LogP) is 4.07. The molecular formula is C20H21F3N4O2. The Morgan fingerprint density at radius 1 is 1.31 bits per heavy atom. The highest BCUT2D eigenvalue weighted by atomic mass is 19.4. The van der Waals surface area contributed by atoms with E-state index in [-0.39, 0.29) is 35.1 Å². The summed E-state index contributed by atoms with van der Waals surface area (Å²) in [6, 6.07) is 6.00. The lowest BCUT2D eigenvalue weighted by atomic mass is 10.0. The number of pyridine rings is 1. The number of halogens is 3. The summed E-state index contributed by atoms with van der Waals surface area (Å²) in [5.41, 5.74) is 6.32. The smallest absolute Gasteiger partial charge is 0.350 e. The lowest BCUT2D eigenvalue weighted by Gasteiger charge is -2.13. The van der Waals surface area contributed by atoms with E-state index >= 15 is 0 Å². The maximum Gasteiger partial charge on any atom is 0.416 e. The number of nitrogens with two attached hydrogens (primary N) is 1. The summed E-state index contributed by atoms with van der Waals surface area (Å²) < 4.78 is 44.4. The lowest BCUT2D eigenvalue weighted by molar-refractivity contribution is -0.137. The van der Waals surface area contributed by atoms with E-state index in [0.29, 0.717) is 11.1 Å². The molecule has 0 aliphatic rings. The maximum atomic E-state index is 13.1. The number of hydrogen-bond acceptors (Lipinski definition) is 5. The average Bonchev–Trinajstić information content (AvgIpc) is 3.06. The topological polar surface area (TPSA) is 94.0 Å². The first-order valence-corrected chi connectivity index (χ1v) is 9.19. The van der Waals surface area contributed by atoms with Gasteiger partial charge in [-0.15, -0.1) is 0 Å². The fourth-order valence-corrected chi connectivity index (χ4v) is 3.07. The Hall–Kier alpha value is -2.94. The minimum atomic E-state index is -4.49. The predicted molar refractivity (Wildman–Crippen MR) is 102 cm³/mol. The number of carbonyl (C=O) groups excluding carboxylic acids is 1. The van der Waals surface area contributed by atoms with Gasteiger partial charge < -0.3 is 15.6 Å². The quantitative estimate of drug-likeness (QED) is 0.643. The molecular weight excluding hydrogens is 385 g/mol. The number of fused-ring (bicyclic) bond motifs is 1. The zero-order valence-electron chi connectivity index (χ0n) is 16.0. The third kappa shape index (κ3) is 4.56. The van der Waals surface area contributed by atoms with Crippen LogP contribution in [-0.4, -0.2) is 28.6 Å². The summed E-state index contributed by atoms with van der Waals surface area (Å²) >= 11 is 0. The summed E-state index contributed by atoms with van der Waals surface area (Å²) in [6.45, 7) is 3.94. The first kappa shape index (κ1) is 20.8. The highest BCUT2D eigenvalue weighted by molar-refractivity contribution is 6.07. The van der Waals surface area contributed by atoms with Gasteiger partial charge in [-0.3, -0.25) is 4.79 Å². The van der Waals surface area contributed by atoms with Crippen LogP contribution in [0.4, 0.5) is 13.2 Å². The van der Waals surface area contributed by atoms with Crippen LogP contribution in [0.25, 0.3) is 22.4 Å². The second kappa shape index (κ2) is 8.20. The molecule has 154 valence electrons. The zero-order valence-corrected chi connectivity index (χ0v) is 16.0. The molecule has 0 radical (unpaired) electrons. The van der Waals surface area contributed by atoms with Crippen LogP contribution in [0.15, 0.2) is 34.9 Å². The molecule has 1 amide bonds. The molecule has 3 aromatic rings. The van der Waals surface area contributed by atoms with Gasteiger partial charge in [-0.05, 0) is 31.5 Å². The molecule has 3 rings (SSSR count). The number of nitrogens with zero attached hydrogens (tertiary/aromatic N) is 2. The van der Waals surface area contributed by atoms with E-state index in [1.807, 2.05) is 6.92 Å². The van der Waals surface area contributed by atoms with Gasteiger partial charge in [0.05, 0.1) is 27.9 Å². The summed E-state index contributed by atoms with van der Waals surface area (Å²) in [7, 11) is 0. The molecule has 0 aliphatic carbocycles. The van der Waals surface area contributed by atoms with Gasteiger partial charge in [0.2, 0.25) is 0 Å². The van der Waals surface area contributed by atoms with Gasteiger partial charge in [0, 0.05) is 18.2 Å². The Kier molecular flexibility index (Phi) is 5.88. The second-order valence-corrected chi connectivity index (χ2v) is 6.84. The number of nitrogens with one attached hydrogen (secondary N) is 1. The molecule has 0 saturated carbocycles. The Bertz CT molecular complexity index is 1030. The van der Waals surface area contributed by atoms with Crippen LogP contribution in [0, 0.1) is 6.92 Å². The van der Waals surface area contributed by atoms with Gasteiger partial charge in [0.15, 0.2) is 0 Å². The number of aromatic nitrogens is 2. The Balaban J connectivity index is 2.02. The first-order valence-electron chi connectivity index (χ1n) is 9.19. The molecule has 2 heterocycles. The van der Waals surface area contributed by atoms with Gasteiger partial charge >= 0.3 is 6.18 Å². The van der Waals surface area contributed by atoms with Crippen molar-refractivity contribution in [1.82, 2.24) is 15.5 Å². The van der Waals surface area contributed by atoms with Crippen LogP contribution in [-0.2, 0) is 6.18 Å². The molecule has 29 heavy (non-hydrogen) atoms. The van der Waals surface area contributed by atoms with Crippen LogP contribution >= 0.6 is 0 Å². The number of benzene rings is 1. The molecule has 2 aromatic heterocycles. The third-order valence-electron chi connectivity index (χ3n) is 4.53. The molecule has 0 fully saturated rings. The van der Waals surface area contributed by atoms with Crippen LogP contribution in [0.2, 0.25) is 0 Å². The molecule has 0 aliphatic heterocycles. The van der Waals surface area contributed by atoms with E-state index in [9.17, 15) is 18.0 Å². The van der Waals surface area contributed by atoms with E-state index in [4.69, 9.17) is 10.3 Å². The Morgan fingerprint density at radius 3 is 2.76 bits per heavy atom. The zero-order chi connectivity index (χ0) is 21.2. The van der Waals surface area contributed by atoms with E-state index in [2.05, 4.69) is 15.5 Å². The van der Waals surface area contributed by atoms with Crippen molar-refractivity contribution in [3.05, 3.63) is 47.2 Å². The Morgan fingerprint density at radius 2 is 2.07 bits per heavy atom. The van der Waals surface area contributed by atoms with Crippen molar-refractivity contribution in [2.45, 2.75) is 38.9 Å². The summed E-state index contributed by atoms with van der Waals surface area (Å²) in [5, 5.41) is 7.02. The van der Waals surface area contributed by atoms with E-state index in [0.717, 1.165) is 25.0 Å². The molecule has 0 spiro atoms. The van der Waals surface area contributed by atoms with Crippen LogP contribution in [0.3, 0.4) is 0 Å². The fourth-order valence-electron chi connectivity index (χ4n) is 3.07. The highest BCUT2D eigenvalue weighted by Crippen LogP contribution is 2.33. The van der Waals surface area contributed by atoms with Gasteiger partial charge in [-0.1, -0.05) is 30.6 Å². The van der Waals surface area contributed by atoms with E-state index < -0.39 is 17.6 Å². The molecule has 0 saturated heterocycles. The highest BCUT2D eigenvalue weighted by Gasteiger charge is 2.30. The average molecular weight is 406 g/mol. The van der Waals surface area contributed by atoms with Gasteiger partial charge in [-0.25, -0.2) is 4.98 Å². The van der Waals surface area contributed by atoms with Crippen molar-refractivity contribution in [2.24, 2.45) is 5.73 Å². The standard InChI is InChI=1S/C20H21F3N4O2/c1-3-5-14(24)10-25-18(28)15-9-16(26-19-17(15)11(2)27-29-19)12-6-4-7-13(8-12)20(21,22)23/h4,6-9,14H,3,5,10,24H2,1-2H3,(H,25,28). The molecule has 1 aromatic carbocycles. The third-order valence-corrected chi connectivity index (χ3v) is 4.53. The monoisotopic (exact) mass is 406 g/mol. The van der Waals surface area contributed by atoms with Crippen molar-refractivity contribution in [3.8, 4) is 11.3 Å². The molecule has 0 bridgehead atoms. The minimum absolute atomic E-state index is 0.0837. The van der Waals surface area contributed by atoms with Gasteiger partial charge in [0.1, 0.15) is 0 Å². The van der Waals surface area contributed by atoms with Gasteiger partial charge in [0.25, 0.3) is 11.6 Å². The largest absolute Gasteiger partial charge is 0.416 e. The summed E-state index contributed by atoms with van der Waals surface area (Å²) in [5.74, 6) is -0.413. The van der Waals surface area contributed by atoms with Crippen molar-refractivity contribution in [2.75, 3.05) is 6.54 Å². The Labute approximate surface area is 165 Å². The molecule has 1 atom stereocenters. The minimum Gasteiger partial charge on any atom is -0.350 e. The number of carbonyl (C=O) groups is 1. The van der Waals surface area contributed by atoms with E-state index in [1.54, 1.807) is 6.92 Å². The number of amides is 1. The first-order chi connectivity index (χ1) is 13.7. The lowest BCUT2D eigenvalue weighted by Crippen LogP contribution is -2.37. The molecule has 1 unspecified atom stereocenters. The second-order valence-electron chi connectivity index (χ2n) is 6.84. The van der Waals surface area contributed by atoms with Crippen LogP contribution in [0.1, 0.15) is 41.4 Å². The number of hydrogen-bond donors (Lipinski definition) is 2. The maximum absolute atomic E-state index is 13.1. The SMILES string of the molecule is CCCC(N)CNC(=O)c1cc(-c2cccc(C(F)(F)F)c2)nc2onc(C)c12. The summed E-state index contributed by atoms with van der Waals surface area (Å²) in [4.78, 5) is 17.0. The molecule has 9 heteroatoms. The normalized spacial score (nSPS) is 12.9. The van der Waals surface area contributed by atoms with Crippen molar-refractivity contribution in [3.63, 3.8) is 0 Å². The molecule has 3 N–H and O–H groups in total. The van der Waals surface area contributed by atoms with Crippen molar-refractivity contribution < 1.29 is 22.5 Å². The van der Waals surface area contributed by atoms with Gasteiger partial charge in [-0.2, -0.15) is 13.2 Å². The van der Waals surface area contributed by atoms with Crippen LogP contribution in [0.5, 0.6) is 0 Å².